The molecule has 22 heavy (non-hydrogen) atoms. The first-order valence-electron chi connectivity index (χ1n) is 7.32. The Morgan fingerprint density at radius 3 is 3.00 bits per heavy atom. The van der Waals surface area contributed by atoms with E-state index in [9.17, 15) is 9.90 Å². The highest BCUT2D eigenvalue weighted by Gasteiger charge is 2.23. The molecule has 4 nitrogen and oxygen atoms in total. The van der Waals surface area contributed by atoms with Gasteiger partial charge in [0.2, 0.25) is 5.91 Å². The number of aryl methyl sites for hydroxylation is 2. The molecule has 1 aliphatic heterocycles. The van der Waals surface area contributed by atoms with E-state index < -0.39 is 0 Å². The first-order valence-corrected chi connectivity index (χ1v) is 8.30. The van der Waals surface area contributed by atoms with Crippen LogP contribution in [0.4, 0.5) is 5.69 Å². The summed E-state index contributed by atoms with van der Waals surface area (Å²) in [5, 5.41) is 9.97. The standard InChI is InChI=1S/C17H18N2O2S/c1-12-4-2-5-13-6-3-9-19(17(12)13)16(21)11-22-15-8-7-14(20)10-18-15/h2,4-5,7-8,10,20H,3,6,9,11H2,1H3. The molecule has 2 aromatic rings. The molecular weight excluding hydrogens is 296 g/mol. The van der Waals surface area contributed by atoms with Crippen LogP contribution in [0.2, 0.25) is 0 Å². The van der Waals surface area contributed by atoms with Gasteiger partial charge < -0.3 is 10.0 Å². The van der Waals surface area contributed by atoms with E-state index in [1.54, 1.807) is 12.1 Å². The summed E-state index contributed by atoms with van der Waals surface area (Å²) in [4.78, 5) is 18.6. The van der Waals surface area contributed by atoms with Gasteiger partial charge in [-0.25, -0.2) is 4.98 Å². The molecule has 0 aliphatic carbocycles. The molecule has 0 atom stereocenters. The van der Waals surface area contributed by atoms with Crippen LogP contribution >= 0.6 is 11.8 Å². The molecule has 0 spiro atoms. The van der Waals surface area contributed by atoms with Crippen molar-refractivity contribution in [1.29, 1.82) is 0 Å². The van der Waals surface area contributed by atoms with Gasteiger partial charge in [0, 0.05) is 12.2 Å². The fourth-order valence-corrected chi connectivity index (χ4v) is 3.49. The summed E-state index contributed by atoms with van der Waals surface area (Å²) in [7, 11) is 0. The van der Waals surface area contributed by atoms with Crippen LogP contribution in [0.3, 0.4) is 0 Å². The maximum Gasteiger partial charge on any atom is 0.237 e. The number of benzene rings is 1. The van der Waals surface area contributed by atoms with Crippen molar-refractivity contribution < 1.29 is 9.90 Å². The van der Waals surface area contributed by atoms with Gasteiger partial charge in [-0.15, -0.1) is 0 Å². The van der Waals surface area contributed by atoms with Crippen LogP contribution in [0.5, 0.6) is 5.75 Å². The molecule has 1 N–H and O–H groups in total. The maximum atomic E-state index is 12.6. The van der Waals surface area contributed by atoms with Crippen molar-refractivity contribution in [3.63, 3.8) is 0 Å². The Morgan fingerprint density at radius 2 is 2.23 bits per heavy atom. The number of thioether (sulfide) groups is 1. The largest absolute Gasteiger partial charge is 0.506 e. The zero-order valence-corrected chi connectivity index (χ0v) is 13.3. The Morgan fingerprint density at radius 1 is 1.36 bits per heavy atom. The summed E-state index contributed by atoms with van der Waals surface area (Å²) < 4.78 is 0. The minimum atomic E-state index is 0.107. The molecule has 1 aliphatic rings. The fourth-order valence-electron chi connectivity index (χ4n) is 2.77. The highest BCUT2D eigenvalue weighted by atomic mass is 32.2. The number of para-hydroxylation sites is 1. The van der Waals surface area contributed by atoms with Gasteiger partial charge in [0.25, 0.3) is 0 Å². The number of aromatic hydroxyl groups is 1. The van der Waals surface area contributed by atoms with Crippen LogP contribution in [0.15, 0.2) is 41.6 Å². The summed E-state index contributed by atoms with van der Waals surface area (Å²) in [6.45, 7) is 2.83. The van der Waals surface area contributed by atoms with Crippen molar-refractivity contribution in [2.45, 2.75) is 24.8 Å². The third kappa shape index (κ3) is 3.09. The highest BCUT2D eigenvalue weighted by Crippen LogP contribution is 2.31. The average molecular weight is 314 g/mol. The zero-order valence-electron chi connectivity index (χ0n) is 12.5. The number of carbonyl (C=O) groups is 1. The van der Waals surface area contributed by atoms with Crippen molar-refractivity contribution in [1.82, 2.24) is 4.98 Å². The molecular formula is C17H18N2O2S. The summed E-state index contributed by atoms with van der Waals surface area (Å²) in [6.07, 6.45) is 3.44. The average Bonchev–Trinajstić information content (AvgIpc) is 2.54. The molecule has 0 bridgehead atoms. The Hall–Kier alpha value is -2.01. The third-order valence-corrected chi connectivity index (χ3v) is 4.71. The molecule has 1 aromatic carbocycles. The van der Waals surface area contributed by atoms with Gasteiger partial charge in [-0.1, -0.05) is 30.0 Å². The maximum absolute atomic E-state index is 12.6. The van der Waals surface area contributed by atoms with Gasteiger partial charge in [0.05, 0.1) is 17.0 Å². The molecule has 5 heteroatoms. The predicted molar refractivity (Wildman–Crippen MR) is 88.5 cm³/mol. The molecule has 2 heterocycles. The lowest BCUT2D eigenvalue weighted by Crippen LogP contribution is -2.37. The van der Waals surface area contributed by atoms with Crippen LogP contribution in [0.25, 0.3) is 0 Å². The summed E-state index contributed by atoms with van der Waals surface area (Å²) in [5.74, 6) is 0.595. The van der Waals surface area contributed by atoms with E-state index in [4.69, 9.17) is 0 Å². The molecule has 1 amide bonds. The molecule has 3 rings (SSSR count). The van der Waals surface area contributed by atoms with Crippen molar-refractivity contribution in [2.75, 3.05) is 17.2 Å². The fraction of sp³-hybridized carbons (Fsp3) is 0.294. The first kappa shape index (κ1) is 14.9. The topological polar surface area (TPSA) is 53.4 Å². The van der Waals surface area contributed by atoms with Gasteiger partial charge in [-0.3, -0.25) is 4.79 Å². The van der Waals surface area contributed by atoms with Crippen LogP contribution in [-0.4, -0.2) is 28.3 Å². The van der Waals surface area contributed by atoms with Gasteiger partial charge >= 0.3 is 0 Å². The number of nitrogens with zero attached hydrogens (tertiary/aromatic N) is 2. The SMILES string of the molecule is Cc1cccc2c1N(C(=O)CSc1ccc(O)cn1)CCC2. The minimum Gasteiger partial charge on any atom is -0.506 e. The number of hydrogen-bond donors (Lipinski definition) is 1. The van der Waals surface area contributed by atoms with Gasteiger partial charge in [0.1, 0.15) is 5.75 Å². The number of aromatic nitrogens is 1. The molecule has 0 radical (unpaired) electrons. The van der Waals surface area contributed by atoms with E-state index in [2.05, 4.69) is 30.1 Å². The quantitative estimate of drug-likeness (QED) is 0.884. The molecule has 114 valence electrons. The molecule has 0 unspecified atom stereocenters. The number of anilines is 1. The smallest absolute Gasteiger partial charge is 0.237 e. The lowest BCUT2D eigenvalue weighted by molar-refractivity contribution is -0.116. The van der Waals surface area contributed by atoms with Crippen LogP contribution in [0.1, 0.15) is 17.5 Å². The number of carbonyl (C=O) groups excluding carboxylic acids is 1. The van der Waals surface area contributed by atoms with E-state index >= 15 is 0 Å². The number of pyridine rings is 1. The van der Waals surface area contributed by atoms with Crippen LogP contribution in [0, 0.1) is 6.92 Å². The van der Waals surface area contributed by atoms with Crippen LogP contribution in [-0.2, 0) is 11.2 Å². The van der Waals surface area contributed by atoms with Crippen molar-refractivity contribution in [3.8, 4) is 5.75 Å². The van der Waals surface area contributed by atoms with Crippen molar-refractivity contribution in [3.05, 3.63) is 47.7 Å². The molecule has 0 saturated heterocycles. The van der Waals surface area contributed by atoms with E-state index in [-0.39, 0.29) is 11.7 Å². The molecule has 0 saturated carbocycles. The van der Waals surface area contributed by atoms with Gasteiger partial charge in [-0.2, -0.15) is 0 Å². The lowest BCUT2D eigenvalue weighted by Gasteiger charge is -2.31. The highest BCUT2D eigenvalue weighted by molar-refractivity contribution is 7.99. The second-order valence-corrected chi connectivity index (χ2v) is 6.37. The lowest BCUT2D eigenvalue weighted by atomic mass is 9.98. The van der Waals surface area contributed by atoms with Gasteiger partial charge in [-0.05, 0) is 43.0 Å². The second-order valence-electron chi connectivity index (χ2n) is 5.37. The minimum absolute atomic E-state index is 0.107. The molecule has 0 fully saturated rings. The Balaban J connectivity index is 1.72. The summed E-state index contributed by atoms with van der Waals surface area (Å²) in [6, 6.07) is 9.52. The number of fused-ring (bicyclic) bond motifs is 1. The number of rotatable bonds is 3. The zero-order chi connectivity index (χ0) is 15.5. The Labute approximate surface area is 134 Å². The number of amides is 1. The first-order chi connectivity index (χ1) is 10.6. The van der Waals surface area contributed by atoms with Crippen molar-refractivity contribution >= 4 is 23.4 Å². The third-order valence-electron chi connectivity index (χ3n) is 3.78. The van der Waals surface area contributed by atoms with E-state index in [1.165, 1.54) is 23.5 Å². The van der Waals surface area contributed by atoms with E-state index in [1.807, 2.05) is 4.90 Å². The van der Waals surface area contributed by atoms with E-state index in [0.29, 0.717) is 5.75 Å². The molecule has 1 aromatic heterocycles. The van der Waals surface area contributed by atoms with E-state index in [0.717, 1.165) is 35.7 Å². The predicted octanol–water partition coefficient (Wildman–Crippen LogP) is 3.17. The summed E-state index contributed by atoms with van der Waals surface area (Å²) >= 11 is 1.40. The summed E-state index contributed by atoms with van der Waals surface area (Å²) in [5.41, 5.74) is 3.49. The van der Waals surface area contributed by atoms with Crippen LogP contribution < -0.4 is 4.90 Å². The Kier molecular flexibility index (Phi) is 4.34. The monoisotopic (exact) mass is 314 g/mol. The Bertz CT molecular complexity index is 686. The second kappa shape index (κ2) is 6.40. The van der Waals surface area contributed by atoms with Crippen molar-refractivity contribution in [2.24, 2.45) is 0 Å². The van der Waals surface area contributed by atoms with Gasteiger partial charge in [0.15, 0.2) is 0 Å². The normalized spacial score (nSPS) is 13.8. The number of hydrogen-bond acceptors (Lipinski definition) is 4.